The fraction of sp³-hybridized carbons (Fsp3) is 0. The maximum Gasteiger partial charge on any atom is 0.276 e. The van der Waals surface area contributed by atoms with Crippen LogP contribution in [0.4, 0.5) is 0 Å². The second-order valence-electron chi connectivity index (χ2n) is 0.671. The van der Waals surface area contributed by atoms with Gasteiger partial charge in [-0.15, -0.1) is 0 Å². The third-order valence-corrected chi connectivity index (χ3v) is 0. The largest absolute Gasteiger partial charge is 0.598 e. The van der Waals surface area contributed by atoms with Gasteiger partial charge in [0.05, 0.1) is 0 Å². The second kappa shape index (κ2) is 18.5. The maximum absolute atomic E-state index is 8.48. The van der Waals surface area contributed by atoms with Crippen molar-refractivity contribution in [1.29, 1.82) is 0 Å². The van der Waals surface area contributed by atoms with Crippen LogP contribution in [0, 0.1) is 0 Å². The quantitative estimate of drug-likeness (QED) is 0.345. The second-order valence-corrected chi connectivity index (χ2v) is 2.01. The van der Waals surface area contributed by atoms with Crippen molar-refractivity contribution in [2.45, 2.75) is 0 Å². The molecule has 78 valence electrons. The van der Waals surface area contributed by atoms with E-state index in [2.05, 4.69) is 0 Å². The van der Waals surface area contributed by atoms with E-state index in [1.807, 2.05) is 0 Å². The van der Waals surface area contributed by atoms with Gasteiger partial charge in [-0.25, -0.2) is 0 Å². The minimum Gasteiger partial charge on any atom is -0.598 e. The van der Waals surface area contributed by atoms with Crippen LogP contribution >= 0.6 is 24.8 Å². The van der Waals surface area contributed by atoms with Crippen molar-refractivity contribution >= 4 is 24.8 Å². The zero-order chi connectivity index (χ0) is 10.7. The Kier molecular flexibility index (Phi) is 33.5. The van der Waals surface area contributed by atoms with E-state index in [9.17, 15) is 0 Å². The summed E-state index contributed by atoms with van der Waals surface area (Å²) in [5, 5.41) is 0. The van der Waals surface area contributed by atoms with Gasteiger partial charge in [-0.1, -0.05) is 13.7 Å². The molecule has 0 saturated heterocycles. The Hall–Kier alpha value is 0.748. The summed E-state index contributed by atoms with van der Waals surface area (Å²) in [7, 11) is -10.1. The van der Waals surface area contributed by atoms with E-state index in [-0.39, 0.29) is 21.1 Å². The third kappa shape index (κ3) is 2630. The molecule has 0 amide bonds. The van der Waals surface area contributed by atoms with Gasteiger partial charge in [-0.05, 0) is 0 Å². The molecular formula is O9P3W-3. The molecule has 0 atom stereocenters. The van der Waals surface area contributed by atoms with Gasteiger partial charge in [0.2, 0.25) is 0 Å². The van der Waals surface area contributed by atoms with Gasteiger partial charge >= 0.3 is 0 Å². The molecule has 0 aliphatic heterocycles. The number of hydrogen-bond acceptors (Lipinski definition) is 9. The van der Waals surface area contributed by atoms with Gasteiger partial charge < -0.3 is 29.4 Å². The van der Waals surface area contributed by atoms with Gasteiger partial charge in [-0.2, -0.15) is 0 Å². The van der Waals surface area contributed by atoms with Gasteiger partial charge in [0.25, 0.3) is 24.8 Å². The summed E-state index contributed by atoms with van der Waals surface area (Å²) in [6.45, 7) is 0. The molecule has 0 aromatic rings. The Balaban J connectivity index is -0.0000000450. The molecule has 13 heteroatoms. The van der Waals surface area contributed by atoms with Crippen LogP contribution in [0.1, 0.15) is 0 Å². The molecule has 0 spiro atoms. The van der Waals surface area contributed by atoms with E-state index >= 15 is 0 Å². The van der Waals surface area contributed by atoms with Crippen molar-refractivity contribution in [2.75, 3.05) is 0 Å². The van der Waals surface area contributed by atoms with Gasteiger partial charge in [0.15, 0.2) is 0 Å². The van der Waals surface area contributed by atoms with E-state index < -0.39 is 24.8 Å². The minimum absolute atomic E-state index is 0. The first kappa shape index (κ1) is 23.5. The zero-order valence-corrected chi connectivity index (χ0v) is 11.0. The molecule has 0 radical (unpaired) electrons. The van der Waals surface area contributed by atoms with Crippen molar-refractivity contribution in [1.82, 2.24) is 0 Å². The smallest absolute Gasteiger partial charge is 0.276 e. The predicted molar refractivity (Wildman–Crippen MR) is 22.8 cm³/mol. The molecule has 0 N–H and O–H groups in total. The zero-order valence-electron chi connectivity index (χ0n) is 5.42. The molecule has 9 nitrogen and oxygen atoms in total. The summed E-state index contributed by atoms with van der Waals surface area (Å²) < 4.78 is 25.4. The molecular weight excluding hydrogens is 421 g/mol. The van der Waals surface area contributed by atoms with Gasteiger partial charge in [-0.3, -0.25) is 0 Å². The fourth-order valence-corrected chi connectivity index (χ4v) is 0. The molecule has 0 bridgehead atoms. The van der Waals surface area contributed by atoms with E-state index in [4.69, 9.17) is 43.1 Å². The van der Waals surface area contributed by atoms with E-state index in [0.29, 0.717) is 0 Å². The predicted octanol–water partition coefficient (Wildman–Crippen LogP) is -4.91. The Bertz CT molecular complexity index is 112. The van der Waals surface area contributed by atoms with Crippen LogP contribution in [-0.4, -0.2) is 0 Å². The molecule has 0 aliphatic rings. The monoisotopic (exact) mass is 421 g/mol. The van der Waals surface area contributed by atoms with Crippen LogP contribution in [0.15, 0.2) is 0 Å². The molecule has 0 saturated carbocycles. The Morgan fingerprint density at radius 2 is 0.538 bits per heavy atom. The standard InChI is InChI=1S/3HO3P.W/c3*1-4(2)3;/h3*(H,1,2,3);/p-3. The fourth-order valence-electron chi connectivity index (χ4n) is 0. The first-order valence-electron chi connectivity index (χ1n) is 1.64. The van der Waals surface area contributed by atoms with Crippen molar-refractivity contribution in [3.63, 3.8) is 0 Å². The summed E-state index contributed by atoms with van der Waals surface area (Å²) in [6.07, 6.45) is 0. The summed E-state index contributed by atoms with van der Waals surface area (Å²) in [5.41, 5.74) is 0. The average molecular weight is 421 g/mol. The Labute approximate surface area is 89.2 Å². The van der Waals surface area contributed by atoms with E-state index in [1.165, 1.54) is 0 Å². The molecule has 0 aromatic heterocycles. The molecule has 0 heterocycles. The van der Waals surface area contributed by atoms with E-state index in [1.54, 1.807) is 0 Å². The van der Waals surface area contributed by atoms with Gasteiger partial charge in [0.1, 0.15) is 0 Å². The Morgan fingerprint density at radius 3 is 0.538 bits per heavy atom. The third-order valence-electron chi connectivity index (χ3n) is 0. The topological polar surface area (TPSA) is 190 Å². The van der Waals surface area contributed by atoms with Crippen molar-refractivity contribution < 1.29 is 64.1 Å². The average Bonchev–Trinajstić information content (AvgIpc) is 1.54. The minimum atomic E-state index is -3.37. The SMILES string of the molecule is O=[P+]([O-])[O-].O=[P+]([O-])[O-].O=[P+]([O-])[O-].[W]. The van der Waals surface area contributed by atoms with E-state index in [0.717, 1.165) is 0 Å². The van der Waals surface area contributed by atoms with Crippen LogP contribution in [-0.2, 0) is 34.8 Å². The van der Waals surface area contributed by atoms with Crippen LogP contribution in [0.25, 0.3) is 0 Å². The summed E-state index contributed by atoms with van der Waals surface area (Å²) in [4.78, 5) is 50.9. The molecule has 0 unspecified atom stereocenters. The molecule has 0 fully saturated rings. The summed E-state index contributed by atoms with van der Waals surface area (Å²) >= 11 is 0. The van der Waals surface area contributed by atoms with Crippen LogP contribution < -0.4 is 29.4 Å². The summed E-state index contributed by atoms with van der Waals surface area (Å²) in [5.74, 6) is 0. The Morgan fingerprint density at radius 1 is 0.538 bits per heavy atom. The number of hydrogen-bond donors (Lipinski definition) is 0. The maximum atomic E-state index is 8.48. The van der Waals surface area contributed by atoms with Crippen LogP contribution in [0.3, 0.4) is 0 Å². The molecule has 0 aromatic carbocycles. The van der Waals surface area contributed by atoms with Gasteiger partial charge in [0, 0.05) is 21.1 Å². The normalized spacial score (nSPS) is 6.00. The first-order valence-corrected chi connectivity index (χ1v) is 4.93. The molecule has 0 aliphatic carbocycles. The van der Waals surface area contributed by atoms with Crippen molar-refractivity contribution in [3.8, 4) is 0 Å². The van der Waals surface area contributed by atoms with Crippen molar-refractivity contribution in [2.24, 2.45) is 0 Å². The molecule has 13 heavy (non-hydrogen) atoms. The van der Waals surface area contributed by atoms with Crippen LogP contribution in [0.5, 0.6) is 0 Å². The van der Waals surface area contributed by atoms with Crippen molar-refractivity contribution in [3.05, 3.63) is 0 Å². The number of rotatable bonds is 0. The van der Waals surface area contributed by atoms with Crippen LogP contribution in [0.2, 0.25) is 0 Å². The summed E-state index contributed by atoms with van der Waals surface area (Å²) in [6, 6.07) is 0. The first-order chi connectivity index (χ1) is 5.20. The molecule has 0 rings (SSSR count).